The lowest BCUT2D eigenvalue weighted by Crippen LogP contribution is -2.08. The van der Waals surface area contributed by atoms with E-state index in [9.17, 15) is 4.39 Å². The summed E-state index contributed by atoms with van der Waals surface area (Å²) in [4.78, 5) is 4.29. The molecule has 3 nitrogen and oxygen atoms in total. The molecule has 4 heteroatoms. The molecule has 90 valence electrons. The Balaban J connectivity index is 1.97. The van der Waals surface area contributed by atoms with Crippen LogP contribution in [0, 0.1) is 5.82 Å². The van der Waals surface area contributed by atoms with Crippen molar-refractivity contribution in [1.29, 1.82) is 0 Å². The van der Waals surface area contributed by atoms with Crippen molar-refractivity contribution < 1.29 is 4.39 Å². The first kappa shape index (κ1) is 11.6. The monoisotopic (exact) mass is 233 g/mol. The smallest absolute Gasteiger partial charge is 0.128 e. The fourth-order valence-electron chi connectivity index (χ4n) is 1.70. The zero-order valence-corrected chi connectivity index (χ0v) is 9.86. The summed E-state index contributed by atoms with van der Waals surface area (Å²) in [7, 11) is 0. The molecule has 0 saturated heterocycles. The number of rotatable bonds is 5. The van der Waals surface area contributed by atoms with Crippen molar-refractivity contribution in [2.45, 2.75) is 26.4 Å². The van der Waals surface area contributed by atoms with Crippen LogP contribution in [-0.4, -0.2) is 9.55 Å². The first-order valence-electron chi connectivity index (χ1n) is 5.79. The number of hydrogen-bond donors (Lipinski definition) is 1. The number of halogens is 1. The Morgan fingerprint density at radius 3 is 2.76 bits per heavy atom. The predicted octanol–water partition coefficient (Wildman–Crippen LogP) is 3.04. The molecule has 0 atom stereocenters. The zero-order valence-electron chi connectivity index (χ0n) is 9.86. The van der Waals surface area contributed by atoms with Gasteiger partial charge in [-0.1, -0.05) is 6.92 Å². The fraction of sp³-hybridized carbons (Fsp3) is 0.308. The summed E-state index contributed by atoms with van der Waals surface area (Å²) in [6, 6.07) is 6.34. The number of benzene rings is 1. The van der Waals surface area contributed by atoms with Gasteiger partial charge in [0.2, 0.25) is 0 Å². The van der Waals surface area contributed by atoms with Gasteiger partial charge in [-0.15, -0.1) is 0 Å². The lowest BCUT2D eigenvalue weighted by Gasteiger charge is -2.08. The van der Waals surface area contributed by atoms with Crippen LogP contribution >= 0.6 is 0 Å². The van der Waals surface area contributed by atoms with E-state index in [1.807, 2.05) is 6.20 Å². The van der Waals surface area contributed by atoms with Gasteiger partial charge in [-0.25, -0.2) is 9.37 Å². The van der Waals surface area contributed by atoms with Crippen LogP contribution in [0.4, 0.5) is 10.1 Å². The second-order valence-corrected chi connectivity index (χ2v) is 3.90. The van der Waals surface area contributed by atoms with E-state index in [0.717, 1.165) is 24.5 Å². The van der Waals surface area contributed by atoms with Gasteiger partial charge in [-0.3, -0.25) is 0 Å². The first-order chi connectivity index (χ1) is 8.29. The first-order valence-corrected chi connectivity index (χ1v) is 5.79. The molecule has 0 bridgehead atoms. The molecule has 2 rings (SSSR count). The summed E-state index contributed by atoms with van der Waals surface area (Å²) >= 11 is 0. The summed E-state index contributed by atoms with van der Waals surface area (Å²) in [5.74, 6) is 0.777. The van der Waals surface area contributed by atoms with E-state index in [1.54, 1.807) is 18.3 Å². The highest BCUT2D eigenvalue weighted by atomic mass is 19.1. The number of aryl methyl sites for hydroxylation is 1. The second-order valence-electron chi connectivity index (χ2n) is 3.90. The van der Waals surface area contributed by atoms with Gasteiger partial charge in [-0.05, 0) is 30.7 Å². The third-order valence-electron chi connectivity index (χ3n) is 2.56. The largest absolute Gasteiger partial charge is 0.378 e. The van der Waals surface area contributed by atoms with E-state index < -0.39 is 0 Å². The van der Waals surface area contributed by atoms with Crippen LogP contribution in [0.1, 0.15) is 19.2 Å². The minimum Gasteiger partial charge on any atom is -0.378 e. The highest BCUT2D eigenvalue weighted by Crippen LogP contribution is 2.10. The highest BCUT2D eigenvalue weighted by Gasteiger charge is 2.01. The van der Waals surface area contributed by atoms with E-state index in [2.05, 4.69) is 21.8 Å². The molecular formula is C13H16FN3. The molecule has 0 aliphatic rings. The van der Waals surface area contributed by atoms with E-state index in [4.69, 9.17) is 0 Å². The maximum atomic E-state index is 12.7. The highest BCUT2D eigenvalue weighted by molar-refractivity contribution is 5.42. The van der Waals surface area contributed by atoms with Gasteiger partial charge >= 0.3 is 0 Å². The molecule has 2 aromatic rings. The van der Waals surface area contributed by atoms with Crippen LogP contribution < -0.4 is 5.32 Å². The summed E-state index contributed by atoms with van der Waals surface area (Å²) in [6.07, 6.45) is 4.86. The normalized spacial score (nSPS) is 10.5. The Morgan fingerprint density at radius 2 is 2.06 bits per heavy atom. The van der Waals surface area contributed by atoms with E-state index in [-0.39, 0.29) is 5.82 Å². The molecule has 1 heterocycles. The van der Waals surface area contributed by atoms with E-state index in [0.29, 0.717) is 6.54 Å². The SMILES string of the molecule is CCCn1ccnc1CNc1ccc(F)cc1. The average molecular weight is 233 g/mol. The Hall–Kier alpha value is -1.84. The molecule has 0 amide bonds. The number of nitrogens with one attached hydrogen (secondary N) is 1. The molecule has 1 aromatic carbocycles. The topological polar surface area (TPSA) is 29.9 Å². The van der Waals surface area contributed by atoms with E-state index in [1.165, 1.54) is 12.1 Å². The number of hydrogen-bond acceptors (Lipinski definition) is 2. The molecule has 17 heavy (non-hydrogen) atoms. The lowest BCUT2D eigenvalue weighted by atomic mass is 10.3. The summed E-state index contributed by atoms with van der Waals surface area (Å²) in [6.45, 7) is 3.76. The second kappa shape index (κ2) is 5.48. The van der Waals surface area contributed by atoms with Crippen LogP contribution in [0.2, 0.25) is 0 Å². The quantitative estimate of drug-likeness (QED) is 0.860. The van der Waals surface area contributed by atoms with Gasteiger partial charge in [0.15, 0.2) is 0 Å². The minimum atomic E-state index is -0.219. The Morgan fingerprint density at radius 1 is 1.29 bits per heavy atom. The summed E-state index contributed by atoms with van der Waals surface area (Å²) < 4.78 is 14.8. The van der Waals surface area contributed by atoms with Crippen LogP contribution in [-0.2, 0) is 13.1 Å². The number of nitrogens with zero attached hydrogens (tertiary/aromatic N) is 2. The van der Waals surface area contributed by atoms with Crippen LogP contribution in [0.3, 0.4) is 0 Å². The van der Waals surface area contributed by atoms with Gasteiger partial charge in [-0.2, -0.15) is 0 Å². The molecule has 0 fully saturated rings. The predicted molar refractivity (Wildman–Crippen MR) is 66.2 cm³/mol. The van der Waals surface area contributed by atoms with Crippen molar-refractivity contribution >= 4 is 5.69 Å². The average Bonchev–Trinajstić information content (AvgIpc) is 2.77. The zero-order chi connectivity index (χ0) is 12.1. The Labute approximate surface area is 100 Å². The summed E-state index contributed by atoms with van der Waals surface area (Å²) in [5.41, 5.74) is 0.900. The van der Waals surface area contributed by atoms with Crippen molar-refractivity contribution in [3.05, 3.63) is 48.3 Å². The molecule has 1 N–H and O–H groups in total. The van der Waals surface area contributed by atoms with Crippen molar-refractivity contribution in [3.8, 4) is 0 Å². The van der Waals surface area contributed by atoms with Crippen molar-refractivity contribution in [3.63, 3.8) is 0 Å². The molecule has 0 radical (unpaired) electrons. The Bertz CT molecular complexity index is 462. The number of imidazole rings is 1. The van der Waals surface area contributed by atoms with Crippen LogP contribution in [0.5, 0.6) is 0 Å². The third kappa shape index (κ3) is 3.06. The molecule has 0 aliphatic heterocycles. The standard InChI is InChI=1S/C13H16FN3/c1-2-8-17-9-7-15-13(17)10-16-12-5-3-11(14)4-6-12/h3-7,9,16H,2,8,10H2,1H3. The van der Waals surface area contributed by atoms with Crippen molar-refractivity contribution in [2.75, 3.05) is 5.32 Å². The molecule has 0 saturated carbocycles. The Kier molecular flexibility index (Phi) is 3.75. The molecule has 0 aliphatic carbocycles. The molecule has 1 aromatic heterocycles. The number of anilines is 1. The van der Waals surface area contributed by atoms with E-state index >= 15 is 0 Å². The van der Waals surface area contributed by atoms with Gasteiger partial charge in [0.25, 0.3) is 0 Å². The molecule has 0 unspecified atom stereocenters. The van der Waals surface area contributed by atoms with Gasteiger partial charge in [0.05, 0.1) is 6.54 Å². The van der Waals surface area contributed by atoms with Gasteiger partial charge in [0.1, 0.15) is 11.6 Å². The third-order valence-corrected chi connectivity index (χ3v) is 2.56. The molecular weight excluding hydrogens is 217 g/mol. The summed E-state index contributed by atoms with van der Waals surface area (Å²) in [5, 5.41) is 3.22. The van der Waals surface area contributed by atoms with Crippen LogP contribution in [0.25, 0.3) is 0 Å². The maximum Gasteiger partial charge on any atom is 0.128 e. The van der Waals surface area contributed by atoms with Crippen LogP contribution in [0.15, 0.2) is 36.7 Å². The van der Waals surface area contributed by atoms with Gasteiger partial charge < -0.3 is 9.88 Å². The minimum absolute atomic E-state index is 0.219. The van der Waals surface area contributed by atoms with Gasteiger partial charge in [0, 0.05) is 24.6 Å². The molecule has 0 spiro atoms. The van der Waals surface area contributed by atoms with Crippen molar-refractivity contribution in [2.24, 2.45) is 0 Å². The fourth-order valence-corrected chi connectivity index (χ4v) is 1.70. The number of aromatic nitrogens is 2. The maximum absolute atomic E-state index is 12.7. The lowest BCUT2D eigenvalue weighted by molar-refractivity contribution is 0.627. The van der Waals surface area contributed by atoms with Crippen molar-refractivity contribution in [1.82, 2.24) is 9.55 Å².